The average molecular weight is 223 g/mol. The highest BCUT2D eigenvalue weighted by Crippen LogP contribution is 2.29. The summed E-state index contributed by atoms with van der Waals surface area (Å²) in [4.78, 5) is 0. The minimum Gasteiger partial charge on any atom is -0.146 e. The van der Waals surface area contributed by atoms with Crippen molar-refractivity contribution < 1.29 is 0 Å². The number of rotatable bonds is 3. The van der Waals surface area contributed by atoms with Crippen LogP contribution in [0.3, 0.4) is 0 Å². The van der Waals surface area contributed by atoms with E-state index in [1.807, 2.05) is 6.55 Å². The summed E-state index contributed by atoms with van der Waals surface area (Å²) in [6.07, 6.45) is 9.59. The van der Waals surface area contributed by atoms with Crippen LogP contribution in [0.25, 0.3) is 0 Å². The lowest BCUT2D eigenvalue weighted by Gasteiger charge is -2.19. The molecule has 0 bridgehead atoms. The Morgan fingerprint density at radius 2 is 2.17 bits per heavy atom. The van der Waals surface area contributed by atoms with Gasteiger partial charge in [0, 0.05) is 0 Å². The van der Waals surface area contributed by atoms with Crippen LogP contribution in [-0.2, 0) is 0 Å². The number of hydrogen-bond donors (Lipinski definition) is 0. The van der Waals surface area contributed by atoms with Gasteiger partial charge in [-0.15, -0.1) is 22.2 Å². The Bertz CT molecular complexity index is 160. The van der Waals surface area contributed by atoms with E-state index in [9.17, 15) is 0 Å². The third-order valence-electron chi connectivity index (χ3n) is 2.37. The van der Waals surface area contributed by atoms with Crippen LogP contribution in [0.15, 0.2) is 12.2 Å². The molecule has 0 aromatic carbocycles. The van der Waals surface area contributed by atoms with Gasteiger partial charge in [0.05, 0.1) is 0 Å². The molecule has 1 aliphatic carbocycles. The molecule has 0 aromatic heterocycles. The van der Waals surface area contributed by atoms with Crippen molar-refractivity contribution in [3.63, 3.8) is 0 Å². The fraction of sp³-hybridized carbons (Fsp3) is 0.778. The lowest BCUT2D eigenvalue weighted by molar-refractivity contribution is 0.464. The third kappa shape index (κ3) is 4.54. The smallest absolute Gasteiger partial charge is 0.146 e. The Labute approximate surface area is 85.4 Å². The van der Waals surface area contributed by atoms with Gasteiger partial charge < -0.3 is 0 Å². The van der Waals surface area contributed by atoms with Crippen LogP contribution in [0.5, 0.6) is 0 Å². The molecule has 1 aliphatic rings. The Morgan fingerprint density at radius 3 is 2.67 bits per heavy atom. The molecule has 70 valence electrons. The second-order valence-electron chi connectivity index (χ2n) is 3.76. The minimum absolute atomic E-state index is 0.847. The zero-order valence-corrected chi connectivity index (χ0v) is 10.0. The molecular formula is C9H16Cl2Si. The van der Waals surface area contributed by atoms with E-state index in [2.05, 4.69) is 12.2 Å². The van der Waals surface area contributed by atoms with Gasteiger partial charge in [-0.05, 0) is 37.8 Å². The predicted molar refractivity (Wildman–Crippen MR) is 59.2 cm³/mol. The summed E-state index contributed by atoms with van der Waals surface area (Å²) in [6.45, 7) is 0.188. The average Bonchev–Trinajstić information content (AvgIpc) is 2.02. The van der Waals surface area contributed by atoms with Gasteiger partial charge in [0.2, 0.25) is 6.69 Å². The Hall–Kier alpha value is 0.537. The SMILES string of the molecule is C[Si](Cl)(Cl)CC[C@@H]1CC=CCC1. The molecule has 0 aliphatic heterocycles. The van der Waals surface area contributed by atoms with E-state index in [1.165, 1.54) is 25.7 Å². The van der Waals surface area contributed by atoms with E-state index in [4.69, 9.17) is 22.2 Å². The number of halogens is 2. The molecule has 0 saturated heterocycles. The monoisotopic (exact) mass is 222 g/mol. The molecular weight excluding hydrogens is 207 g/mol. The summed E-state index contributed by atoms with van der Waals surface area (Å²) in [5.74, 6) is 0.847. The molecule has 0 saturated carbocycles. The lowest BCUT2D eigenvalue weighted by Crippen LogP contribution is -2.15. The van der Waals surface area contributed by atoms with Crippen molar-refractivity contribution in [2.75, 3.05) is 0 Å². The molecule has 3 heteroatoms. The molecule has 0 heterocycles. The molecule has 0 aromatic rings. The molecule has 0 fully saturated rings. The van der Waals surface area contributed by atoms with Gasteiger partial charge in [-0.25, -0.2) is 0 Å². The summed E-state index contributed by atoms with van der Waals surface area (Å²) >= 11 is 12.1. The predicted octanol–water partition coefficient (Wildman–Crippen LogP) is 4.28. The quantitative estimate of drug-likeness (QED) is 0.380. The molecule has 1 rings (SSSR count). The summed E-state index contributed by atoms with van der Waals surface area (Å²) in [7, 11) is 0. The van der Waals surface area contributed by atoms with E-state index in [0.29, 0.717) is 0 Å². The standard InChI is InChI=1S/C9H16Cl2Si/c1-12(10,11)8-7-9-5-3-2-4-6-9/h2-3,9H,4-8H2,1H3/t9-/m1/s1. The van der Waals surface area contributed by atoms with Gasteiger partial charge in [-0.3, -0.25) is 0 Å². The molecule has 0 unspecified atom stereocenters. The third-order valence-corrected chi connectivity index (χ3v) is 4.67. The van der Waals surface area contributed by atoms with Gasteiger partial charge in [0.25, 0.3) is 0 Å². The maximum absolute atomic E-state index is 6.04. The van der Waals surface area contributed by atoms with Crippen molar-refractivity contribution in [1.82, 2.24) is 0 Å². The molecule has 0 amide bonds. The first kappa shape index (κ1) is 10.6. The maximum atomic E-state index is 6.04. The van der Waals surface area contributed by atoms with Crippen molar-refractivity contribution in [2.45, 2.75) is 38.3 Å². The molecule has 0 spiro atoms. The van der Waals surface area contributed by atoms with Crippen molar-refractivity contribution >= 4 is 28.9 Å². The summed E-state index contributed by atoms with van der Waals surface area (Å²) in [6, 6.07) is 1.05. The first-order valence-corrected chi connectivity index (χ1v) is 9.34. The van der Waals surface area contributed by atoms with Gasteiger partial charge in [0.1, 0.15) is 0 Å². The highest BCUT2D eigenvalue weighted by Gasteiger charge is 2.22. The van der Waals surface area contributed by atoms with Crippen molar-refractivity contribution in [1.29, 1.82) is 0 Å². The normalized spacial score (nSPS) is 24.4. The zero-order valence-electron chi connectivity index (χ0n) is 7.52. The van der Waals surface area contributed by atoms with Crippen LogP contribution in [0.4, 0.5) is 0 Å². The van der Waals surface area contributed by atoms with Gasteiger partial charge >= 0.3 is 0 Å². The van der Waals surface area contributed by atoms with Crippen molar-refractivity contribution in [2.24, 2.45) is 5.92 Å². The van der Waals surface area contributed by atoms with Crippen LogP contribution in [-0.4, -0.2) is 6.69 Å². The Kier molecular flexibility index (Phi) is 4.14. The largest absolute Gasteiger partial charge is 0.248 e. The summed E-state index contributed by atoms with van der Waals surface area (Å²) < 4.78 is 0. The second-order valence-corrected chi connectivity index (χ2v) is 12.0. The van der Waals surface area contributed by atoms with Gasteiger partial charge in [0.15, 0.2) is 0 Å². The highest BCUT2D eigenvalue weighted by molar-refractivity contribution is 7.44. The van der Waals surface area contributed by atoms with E-state index in [-0.39, 0.29) is 0 Å². The zero-order chi connectivity index (χ0) is 9.03. The minimum atomic E-state index is -1.82. The molecule has 0 radical (unpaired) electrons. The van der Waals surface area contributed by atoms with Crippen LogP contribution in [0.1, 0.15) is 25.7 Å². The Morgan fingerprint density at radius 1 is 1.42 bits per heavy atom. The molecule has 0 nitrogen and oxygen atoms in total. The van der Waals surface area contributed by atoms with E-state index < -0.39 is 6.69 Å². The van der Waals surface area contributed by atoms with E-state index >= 15 is 0 Å². The van der Waals surface area contributed by atoms with Crippen molar-refractivity contribution in [3.05, 3.63) is 12.2 Å². The summed E-state index contributed by atoms with van der Waals surface area (Å²) in [5, 5.41) is 0. The highest BCUT2D eigenvalue weighted by atomic mass is 35.7. The first-order chi connectivity index (χ1) is 5.58. The first-order valence-electron chi connectivity index (χ1n) is 4.61. The molecule has 0 N–H and O–H groups in total. The van der Waals surface area contributed by atoms with Crippen LogP contribution < -0.4 is 0 Å². The van der Waals surface area contributed by atoms with Crippen LogP contribution >= 0.6 is 22.2 Å². The Balaban J connectivity index is 2.19. The molecule has 12 heavy (non-hydrogen) atoms. The maximum Gasteiger partial charge on any atom is 0.248 e. The lowest BCUT2D eigenvalue weighted by atomic mass is 9.92. The van der Waals surface area contributed by atoms with Gasteiger partial charge in [-0.2, -0.15) is 0 Å². The second kappa shape index (κ2) is 4.68. The fourth-order valence-corrected chi connectivity index (χ4v) is 3.15. The van der Waals surface area contributed by atoms with Crippen LogP contribution in [0, 0.1) is 5.92 Å². The topological polar surface area (TPSA) is 0 Å². The molecule has 1 atom stereocenters. The van der Waals surface area contributed by atoms with E-state index in [0.717, 1.165) is 12.0 Å². The van der Waals surface area contributed by atoms with Gasteiger partial charge in [-0.1, -0.05) is 18.6 Å². The number of hydrogen-bond acceptors (Lipinski definition) is 0. The fourth-order valence-electron chi connectivity index (χ4n) is 1.58. The van der Waals surface area contributed by atoms with Crippen molar-refractivity contribution in [3.8, 4) is 0 Å². The van der Waals surface area contributed by atoms with E-state index in [1.54, 1.807) is 0 Å². The van der Waals surface area contributed by atoms with Crippen LogP contribution in [0.2, 0.25) is 12.6 Å². The summed E-state index contributed by atoms with van der Waals surface area (Å²) in [5.41, 5.74) is 0. The number of allylic oxidation sites excluding steroid dienone is 2.